The molecule has 8 nitrogen and oxygen atoms in total. The third-order valence-corrected chi connectivity index (χ3v) is 11.6. The summed E-state index contributed by atoms with van der Waals surface area (Å²) in [6.45, 7) is 15.4. The summed E-state index contributed by atoms with van der Waals surface area (Å²) in [4.78, 5) is 22.6. The molecule has 0 fully saturated rings. The second kappa shape index (κ2) is 24.7. The van der Waals surface area contributed by atoms with Crippen molar-refractivity contribution in [2.45, 2.75) is 54.4 Å². The molecule has 0 bridgehead atoms. The van der Waals surface area contributed by atoms with Crippen molar-refractivity contribution < 1.29 is 402 Å². The Morgan fingerprint density at radius 1 is 0.417 bits per heavy atom. The fourth-order valence-corrected chi connectivity index (χ4v) is 9.51. The average molecular weight is 1690 g/mol. The van der Waals surface area contributed by atoms with E-state index in [2.05, 4.69) is 115 Å². The first-order valence-electron chi connectivity index (χ1n) is 16.6. The number of rotatable bonds is 0. The summed E-state index contributed by atoms with van der Waals surface area (Å²) < 4.78 is 9.59. The van der Waals surface area contributed by atoms with Crippen LogP contribution in [0.25, 0.3) is 21.5 Å². The zero-order valence-corrected chi connectivity index (χ0v) is 68.7. The third kappa shape index (κ3) is 8.74. The molecule has 6 aliphatic rings. The summed E-state index contributed by atoms with van der Waals surface area (Å²) in [5.74, 6) is 4.52. The second-order valence-electron chi connectivity index (χ2n) is 14.2. The summed E-state index contributed by atoms with van der Waals surface area (Å²) in [6, 6.07) is 21.1. The van der Waals surface area contributed by atoms with E-state index in [1.54, 1.807) is 0 Å². The van der Waals surface area contributed by atoms with E-state index < -0.39 is 5.91 Å². The average Bonchev–Trinajstić information content (AvgIpc) is 3.80. The van der Waals surface area contributed by atoms with E-state index in [-0.39, 0.29) is 393 Å². The predicted octanol–water partition coefficient (Wildman–Crippen LogP) is 5.64. The molecule has 4 aromatic carbocycles. The van der Waals surface area contributed by atoms with Gasteiger partial charge in [0.05, 0.1) is 33.0 Å². The molecule has 0 saturated heterocycles. The van der Waals surface area contributed by atoms with Crippen molar-refractivity contribution in [1.82, 2.24) is 9.13 Å². The molecule has 0 amide bonds. The Balaban J connectivity index is 0.00000290. The van der Waals surface area contributed by atoms with Crippen molar-refractivity contribution >= 4 is 56.5 Å². The van der Waals surface area contributed by atoms with Crippen LogP contribution in [0.3, 0.4) is 0 Å². The smallest absolute Gasteiger partial charge is 0.242 e. The molecule has 12 radical (unpaired) electrons. The molecule has 1 atom stereocenters. The van der Waals surface area contributed by atoms with E-state index >= 15 is 0 Å². The molecule has 6 aliphatic heterocycles. The van der Waals surface area contributed by atoms with Crippen molar-refractivity contribution in [3.63, 3.8) is 0 Å². The summed E-state index contributed by atoms with van der Waals surface area (Å²) >= 11 is 0. The number of nitrogens with zero attached hydrogens (tertiary/aromatic N) is 8. The van der Waals surface area contributed by atoms with Gasteiger partial charge >= 0.3 is 5.91 Å². The molecule has 0 aliphatic carbocycles. The van der Waals surface area contributed by atoms with E-state index in [9.17, 15) is 0 Å². The fourth-order valence-electron chi connectivity index (χ4n) is 9.51. The van der Waals surface area contributed by atoms with Gasteiger partial charge in [0.15, 0.2) is 5.49 Å². The maximum absolute atomic E-state index is 5.67. The van der Waals surface area contributed by atoms with E-state index in [4.69, 9.17) is 20.0 Å². The minimum atomic E-state index is -0.995. The Morgan fingerprint density at radius 3 is 1.22 bits per heavy atom. The molecule has 8 heterocycles. The molecule has 12 rings (SSSR count). The van der Waals surface area contributed by atoms with Crippen LogP contribution in [0.4, 0.5) is 11.6 Å². The van der Waals surface area contributed by atoms with E-state index in [1.807, 2.05) is 6.07 Å². The molecule has 0 saturated carbocycles. The van der Waals surface area contributed by atoms with Crippen molar-refractivity contribution in [3.8, 4) is 0 Å². The number of aromatic nitrogens is 2. The van der Waals surface area contributed by atoms with Crippen molar-refractivity contribution in [3.05, 3.63) is 127 Å². The minimum Gasteiger partial charge on any atom is -0.242 e. The molecule has 20 heteroatoms. The molecule has 6 aromatic rings. The van der Waals surface area contributed by atoms with Gasteiger partial charge in [-0.2, -0.15) is 4.57 Å². The zero-order valence-electron chi connectivity index (χ0n) is 34.6. The number of aryl methyl sites for hydroxylation is 7. The molecule has 264 valence electrons. The van der Waals surface area contributed by atoms with Crippen LogP contribution in [-0.2, 0) is 398 Å². The van der Waals surface area contributed by atoms with Gasteiger partial charge in [0.2, 0.25) is 11.6 Å². The van der Waals surface area contributed by atoms with Gasteiger partial charge in [0.25, 0.3) is 23.3 Å². The number of hydrogen-bond donors (Lipinski definition) is 0. The standard InChI is InChI=1S/C40H29N8.12Y/c1-17-9-8-10-24-25(17)33-42-35-28-20(4)13-14-21(5)29(28)37-44-39-31-23(7)16-15-22(6)30(31)38-43-36-27-19(3)12-11-18(2)26(27)34-41-32(24)45(33)40(46(34)36,47(35)37)48(38)39;;;;;;;;;;;;/h8-9,11-16H,1-7H3;;;;;;;;;;;;/q+1;;;;;;;;;;;;/t40-;;;;;;;;;;;;/m0............/s1. The van der Waals surface area contributed by atoms with Gasteiger partial charge < -0.3 is 0 Å². The van der Waals surface area contributed by atoms with Crippen LogP contribution in [0, 0.1) is 54.5 Å². The van der Waals surface area contributed by atoms with Crippen LogP contribution in [0.2, 0.25) is 0 Å². The Bertz CT molecular complexity index is 3010. The summed E-state index contributed by atoms with van der Waals surface area (Å²) in [7, 11) is 0. The minimum absolute atomic E-state index is 0. The van der Waals surface area contributed by atoms with Crippen LogP contribution in [-0.4, -0.2) is 41.6 Å². The van der Waals surface area contributed by atoms with Gasteiger partial charge in [-0.1, -0.05) is 63.7 Å². The Hall–Kier alpha value is 7.49. The van der Waals surface area contributed by atoms with Crippen LogP contribution in [0.5, 0.6) is 0 Å². The van der Waals surface area contributed by atoms with Gasteiger partial charge in [0, 0.05) is 393 Å². The molecule has 2 aromatic heterocycles. The molecular weight excluding hydrogens is 1660 g/mol. The Labute approximate surface area is 652 Å². The molecular formula is C40H29N8Y12+. The Kier molecular flexibility index (Phi) is 27.8. The van der Waals surface area contributed by atoms with E-state index in [1.165, 1.54) is 33.4 Å². The first-order chi connectivity index (χ1) is 23.2. The topological polar surface area (TPSA) is 65.3 Å². The molecule has 1 spiro atoms. The van der Waals surface area contributed by atoms with Gasteiger partial charge in [-0.05, 0) is 80.3 Å². The molecule has 60 heavy (non-hydrogen) atoms. The number of amidine groups is 4. The number of fused-ring (bicyclic) bond motifs is 12. The SMILES string of the molecule is Cc1ccc(C)c2c1C1=Nc3c4c(C)ccc(C)c4c4n3[C@]35n6c(c7[c-]ccc(C)c7c6=NC6=[N+]3C(=N4)c3c(C)ccc(C)c36)=NC2=[N+]15.[Y].[Y].[Y].[Y].[Y].[Y].[Y].[Y].[Y].[Y].[Y].[Y]. The third-order valence-electron chi connectivity index (χ3n) is 11.6. The van der Waals surface area contributed by atoms with Gasteiger partial charge in [-0.15, -0.1) is 37.9 Å². The van der Waals surface area contributed by atoms with Crippen molar-refractivity contribution in [1.29, 1.82) is 0 Å². The van der Waals surface area contributed by atoms with Gasteiger partial charge in [-0.3, -0.25) is 0 Å². The fraction of sp³-hybridized carbons (Fsp3) is 0.200. The maximum Gasteiger partial charge on any atom is 0.396 e. The Morgan fingerprint density at radius 2 is 0.783 bits per heavy atom. The maximum atomic E-state index is 5.67. The normalized spacial score (nSPS) is 15.7. The van der Waals surface area contributed by atoms with Crippen molar-refractivity contribution in [2.75, 3.05) is 0 Å². The summed E-state index contributed by atoms with van der Waals surface area (Å²) in [5, 5.41) is 4.36. The number of benzene rings is 4. The zero-order chi connectivity index (χ0) is 32.3. The van der Waals surface area contributed by atoms with Crippen LogP contribution >= 0.6 is 0 Å². The van der Waals surface area contributed by atoms with Crippen LogP contribution < -0.4 is 11.0 Å². The number of hydrogen-bond acceptors (Lipinski definition) is 4. The van der Waals surface area contributed by atoms with Gasteiger partial charge in [0.1, 0.15) is 5.49 Å². The van der Waals surface area contributed by atoms with Crippen LogP contribution in [0.1, 0.15) is 61.2 Å². The quantitative estimate of drug-likeness (QED) is 0.140. The monoisotopic (exact) mass is 1690 g/mol. The first kappa shape index (κ1) is 67.5. The summed E-state index contributed by atoms with van der Waals surface area (Å²) in [5.41, 5.74) is 14.6. The summed E-state index contributed by atoms with van der Waals surface area (Å²) in [6.07, 6.45) is 0. The number of aliphatic imine (C=N–C) groups is 2. The van der Waals surface area contributed by atoms with Crippen LogP contribution in [0.15, 0.2) is 68.5 Å². The van der Waals surface area contributed by atoms with E-state index in [0.29, 0.717) is 0 Å². The van der Waals surface area contributed by atoms with Crippen molar-refractivity contribution in [2.24, 2.45) is 20.0 Å². The van der Waals surface area contributed by atoms with Gasteiger partial charge in [-0.25, -0.2) is 4.57 Å². The first-order valence-corrected chi connectivity index (χ1v) is 16.6. The van der Waals surface area contributed by atoms with E-state index in [0.717, 1.165) is 95.3 Å². The predicted molar refractivity (Wildman–Crippen MR) is 186 cm³/mol. The largest absolute Gasteiger partial charge is 0.396 e. The molecule has 0 unspecified atom stereocenters. The second-order valence-corrected chi connectivity index (χ2v) is 14.2. The molecule has 0 N–H and O–H groups in total.